The molecule has 0 bridgehead atoms. The van der Waals surface area contributed by atoms with Gasteiger partial charge in [0, 0.05) is 24.0 Å². The summed E-state index contributed by atoms with van der Waals surface area (Å²) in [6, 6.07) is 4.71. The van der Waals surface area contributed by atoms with Crippen molar-refractivity contribution in [2.75, 3.05) is 0 Å². The molecule has 0 aromatic carbocycles. The van der Waals surface area contributed by atoms with Crippen LogP contribution in [0.4, 0.5) is 0 Å². The number of pyridine rings is 2. The molecule has 0 fully saturated rings. The Morgan fingerprint density at radius 1 is 1.36 bits per heavy atom. The minimum Gasteiger partial charge on any atom is -0.487 e. The number of ether oxygens (including phenoxy) is 1. The number of hydrogen-bond donors (Lipinski definition) is 2. The lowest BCUT2D eigenvalue weighted by molar-refractivity contribution is 0.111. The summed E-state index contributed by atoms with van der Waals surface area (Å²) >= 11 is 0. The van der Waals surface area contributed by atoms with Crippen molar-refractivity contribution in [2.24, 2.45) is 0 Å². The first-order valence-corrected chi connectivity index (χ1v) is 6.26. The van der Waals surface area contributed by atoms with Crippen molar-refractivity contribution in [3.63, 3.8) is 0 Å². The lowest BCUT2D eigenvalue weighted by Gasteiger charge is -2.09. The smallest absolute Gasteiger partial charge is 0.248 e. The van der Waals surface area contributed by atoms with Crippen LogP contribution < -0.4 is 10.3 Å². The Labute approximate surface area is 123 Å². The highest BCUT2D eigenvalue weighted by Gasteiger charge is 2.12. The van der Waals surface area contributed by atoms with Crippen LogP contribution in [0.2, 0.25) is 0 Å². The van der Waals surface area contributed by atoms with Crippen LogP contribution in [0.15, 0.2) is 35.4 Å². The molecule has 0 saturated heterocycles. The summed E-state index contributed by atoms with van der Waals surface area (Å²) in [6.07, 6.45) is 3.51. The van der Waals surface area contributed by atoms with Crippen molar-refractivity contribution in [3.05, 3.63) is 52.1 Å². The molecule has 0 spiro atoms. The Kier molecular flexibility index (Phi) is 3.69. The Morgan fingerprint density at radius 3 is 3.05 bits per heavy atom. The molecular weight excluding hydrogens is 288 g/mol. The Balaban J connectivity index is 1.86. The van der Waals surface area contributed by atoms with E-state index in [0.717, 1.165) is 0 Å². The molecule has 3 rings (SSSR count). The molecule has 0 aliphatic carbocycles. The van der Waals surface area contributed by atoms with E-state index in [4.69, 9.17) is 4.74 Å². The largest absolute Gasteiger partial charge is 0.487 e. The second kappa shape index (κ2) is 5.95. The van der Waals surface area contributed by atoms with E-state index in [2.05, 4.69) is 30.6 Å². The predicted molar refractivity (Wildman–Crippen MR) is 74.2 cm³/mol. The monoisotopic (exact) mass is 298 g/mol. The first-order valence-electron chi connectivity index (χ1n) is 6.26. The molecule has 110 valence electrons. The number of tetrazole rings is 1. The predicted octanol–water partition coefficient (Wildman–Crippen LogP) is 0.341. The van der Waals surface area contributed by atoms with E-state index in [1.165, 1.54) is 12.3 Å². The van der Waals surface area contributed by atoms with Gasteiger partial charge in [-0.2, -0.15) is 5.21 Å². The second-order valence-corrected chi connectivity index (χ2v) is 4.27. The number of aromatic nitrogens is 6. The third-order valence-corrected chi connectivity index (χ3v) is 2.88. The molecule has 0 atom stereocenters. The third-order valence-electron chi connectivity index (χ3n) is 2.88. The molecule has 0 unspecified atom stereocenters. The van der Waals surface area contributed by atoms with Crippen LogP contribution in [0.25, 0.3) is 11.5 Å². The van der Waals surface area contributed by atoms with Crippen molar-refractivity contribution < 1.29 is 9.53 Å². The zero-order valence-electron chi connectivity index (χ0n) is 11.2. The maximum atomic E-state index is 11.2. The zero-order chi connectivity index (χ0) is 15.4. The number of carbonyl (C=O) groups excluding carboxylic acids is 1. The SMILES string of the molecule is O=Cc1cc(=O)[nH]cc1OCc1cccnc1-c1nn[nH]n1. The van der Waals surface area contributed by atoms with Gasteiger partial charge in [0.15, 0.2) is 6.29 Å². The van der Waals surface area contributed by atoms with Crippen molar-refractivity contribution in [1.29, 1.82) is 0 Å². The molecule has 3 aromatic rings. The van der Waals surface area contributed by atoms with Gasteiger partial charge in [-0.25, -0.2) is 0 Å². The number of carbonyl (C=O) groups is 1. The van der Waals surface area contributed by atoms with Crippen LogP contribution >= 0.6 is 0 Å². The molecule has 2 N–H and O–H groups in total. The number of hydrogen-bond acceptors (Lipinski definition) is 7. The van der Waals surface area contributed by atoms with Crippen LogP contribution in [0, 0.1) is 0 Å². The molecule has 0 aliphatic rings. The molecule has 3 aromatic heterocycles. The summed E-state index contributed by atoms with van der Waals surface area (Å²) in [6.45, 7) is 0.130. The summed E-state index contributed by atoms with van der Waals surface area (Å²) in [5.74, 6) is 0.619. The van der Waals surface area contributed by atoms with Crippen molar-refractivity contribution in [3.8, 4) is 17.3 Å². The normalized spacial score (nSPS) is 10.4. The molecule has 0 saturated carbocycles. The van der Waals surface area contributed by atoms with Gasteiger partial charge in [0.05, 0.1) is 5.56 Å². The fourth-order valence-corrected chi connectivity index (χ4v) is 1.87. The quantitative estimate of drug-likeness (QED) is 0.650. The number of H-pyrrole nitrogens is 2. The summed E-state index contributed by atoms with van der Waals surface area (Å²) in [7, 11) is 0. The lowest BCUT2D eigenvalue weighted by atomic mass is 10.2. The standard InChI is InChI=1S/C13H10N6O3/c20-6-9-4-11(21)15-5-10(9)22-7-8-2-1-3-14-12(8)13-16-18-19-17-13/h1-6H,7H2,(H,15,21)(H,16,17,18,19). The highest BCUT2D eigenvalue weighted by atomic mass is 16.5. The maximum absolute atomic E-state index is 11.2. The van der Waals surface area contributed by atoms with Crippen molar-refractivity contribution >= 4 is 6.29 Å². The maximum Gasteiger partial charge on any atom is 0.248 e. The fourth-order valence-electron chi connectivity index (χ4n) is 1.87. The molecular formula is C13H10N6O3. The molecule has 22 heavy (non-hydrogen) atoms. The van der Waals surface area contributed by atoms with Crippen LogP contribution in [-0.4, -0.2) is 36.9 Å². The molecule has 0 aliphatic heterocycles. The average molecular weight is 298 g/mol. The second-order valence-electron chi connectivity index (χ2n) is 4.27. The first kappa shape index (κ1) is 13.6. The molecule has 0 radical (unpaired) electrons. The third kappa shape index (κ3) is 2.73. The number of nitrogens with one attached hydrogen (secondary N) is 2. The Bertz CT molecular complexity index is 843. The average Bonchev–Trinajstić information content (AvgIpc) is 3.08. The van der Waals surface area contributed by atoms with E-state index >= 15 is 0 Å². The van der Waals surface area contributed by atoms with Gasteiger partial charge >= 0.3 is 0 Å². The molecule has 9 nitrogen and oxygen atoms in total. The minimum atomic E-state index is -0.372. The van der Waals surface area contributed by atoms with Crippen molar-refractivity contribution in [2.45, 2.75) is 6.61 Å². The molecule has 9 heteroatoms. The van der Waals surface area contributed by atoms with Gasteiger partial charge in [-0.05, 0) is 11.3 Å². The van der Waals surface area contributed by atoms with E-state index < -0.39 is 0 Å². The summed E-state index contributed by atoms with van der Waals surface area (Å²) in [4.78, 5) is 28.8. The van der Waals surface area contributed by atoms with E-state index in [0.29, 0.717) is 23.4 Å². The first-order chi connectivity index (χ1) is 10.8. The van der Waals surface area contributed by atoms with Gasteiger partial charge in [-0.3, -0.25) is 14.6 Å². The van der Waals surface area contributed by atoms with Crippen molar-refractivity contribution in [1.82, 2.24) is 30.6 Å². The fraction of sp³-hybridized carbons (Fsp3) is 0.0769. The topological polar surface area (TPSA) is 127 Å². The summed E-state index contributed by atoms with van der Waals surface area (Å²) in [5, 5.41) is 13.6. The Morgan fingerprint density at radius 2 is 2.27 bits per heavy atom. The van der Waals surface area contributed by atoms with Crippen LogP contribution in [-0.2, 0) is 6.61 Å². The molecule has 0 amide bonds. The van der Waals surface area contributed by atoms with Gasteiger partial charge in [0.1, 0.15) is 18.1 Å². The number of aldehydes is 1. The van der Waals surface area contributed by atoms with Crippen LogP contribution in [0.1, 0.15) is 15.9 Å². The number of nitrogens with zero attached hydrogens (tertiary/aromatic N) is 4. The molecule has 3 heterocycles. The van der Waals surface area contributed by atoms with Gasteiger partial charge in [-0.15, -0.1) is 10.2 Å². The van der Waals surface area contributed by atoms with Gasteiger partial charge in [0.2, 0.25) is 11.4 Å². The van der Waals surface area contributed by atoms with E-state index in [-0.39, 0.29) is 23.5 Å². The number of aromatic amines is 2. The highest BCUT2D eigenvalue weighted by Crippen LogP contribution is 2.19. The van der Waals surface area contributed by atoms with Gasteiger partial charge in [0.25, 0.3) is 0 Å². The number of rotatable bonds is 5. The van der Waals surface area contributed by atoms with E-state index in [9.17, 15) is 9.59 Å². The lowest BCUT2D eigenvalue weighted by Crippen LogP contribution is -2.08. The van der Waals surface area contributed by atoms with E-state index in [1.807, 2.05) is 0 Å². The minimum absolute atomic E-state index is 0.130. The van der Waals surface area contributed by atoms with Crippen LogP contribution in [0.3, 0.4) is 0 Å². The van der Waals surface area contributed by atoms with Crippen LogP contribution in [0.5, 0.6) is 5.75 Å². The zero-order valence-corrected chi connectivity index (χ0v) is 11.2. The van der Waals surface area contributed by atoms with E-state index in [1.54, 1.807) is 18.3 Å². The summed E-state index contributed by atoms with van der Waals surface area (Å²) < 4.78 is 5.58. The summed E-state index contributed by atoms with van der Waals surface area (Å²) in [5.41, 5.74) is 1.04. The van der Waals surface area contributed by atoms with Gasteiger partial charge in [-0.1, -0.05) is 6.07 Å². The highest BCUT2D eigenvalue weighted by molar-refractivity contribution is 5.78. The van der Waals surface area contributed by atoms with Gasteiger partial charge < -0.3 is 9.72 Å². The Hall–Kier alpha value is -3.36.